The Labute approximate surface area is 97.8 Å². The average Bonchev–Trinajstić information content (AvgIpc) is 2.31. The van der Waals surface area contributed by atoms with Gasteiger partial charge in [0, 0.05) is 13.1 Å². The van der Waals surface area contributed by atoms with Crippen molar-refractivity contribution >= 4 is 10.0 Å². The largest absolute Gasteiger partial charge is 0.317 e. The van der Waals surface area contributed by atoms with Gasteiger partial charge < -0.3 is 5.32 Å². The van der Waals surface area contributed by atoms with Crippen LogP contribution in [0.15, 0.2) is 12.2 Å². The number of rotatable bonds is 3. The molecule has 0 atom stereocenters. The number of nitrogens with zero attached hydrogens (tertiary/aromatic N) is 1. The monoisotopic (exact) mass is 244 g/mol. The summed E-state index contributed by atoms with van der Waals surface area (Å²) in [7, 11) is -3.03. The molecule has 0 radical (unpaired) electrons. The molecule has 0 aromatic heterocycles. The first-order valence-corrected chi connectivity index (χ1v) is 7.63. The van der Waals surface area contributed by atoms with Gasteiger partial charge in [-0.3, -0.25) is 0 Å². The van der Waals surface area contributed by atoms with E-state index in [4.69, 9.17) is 0 Å². The summed E-state index contributed by atoms with van der Waals surface area (Å²) in [4.78, 5) is 0. The molecule has 0 amide bonds. The Morgan fingerprint density at radius 2 is 2.00 bits per heavy atom. The highest BCUT2D eigenvalue weighted by Gasteiger charge is 2.26. The molecule has 92 valence electrons. The van der Waals surface area contributed by atoms with Crippen LogP contribution >= 0.6 is 0 Å². The second-order valence-electron chi connectivity index (χ2n) is 4.59. The molecule has 1 saturated heterocycles. The topological polar surface area (TPSA) is 49.4 Å². The van der Waals surface area contributed by atoms with Crippen molar-refractivity contribution in [1.29, 1.82) is 0 Å². The summed E-state index contributed by atoms with van der Waals surface area (Å²) in [5.74, 6) is 0.680. The number of hydrogen-bond acceptors (Lipinski definition) is 3. The fraction of sp³-hybridized carbons (Fsp3) is 0.818. The van der Waals surface area contributed by atoms with Crippen molar-refractivity contribution in [2.24, 2.45) is 5.92 Å². The SMILES string of the molecule is O=S(=O)(CC1CCNCC1)N1CC=CCC1. The van der Waals surface area contributed by atoms with Gasteiger partial charge in [0.05, 0.1) is 5.75 Å². The molecule has 0 spiro atoms. The van der Waals surface area contributed by atoms with Crippen molar-refractivity contribution in [3.63, 3.8) is 0 Å². The molecule has 0 bridgehead atoms. The lowest BCUT2D eigenvalue weighted by molar-refractivity contribution is 0.383. The number of sulfonamides is 1. The summed E-state index contributed by atoms with van der Waals surface area (Å²) in [5, 5.41) is 3.26. The molecule has 4 nitrogen and oxygen atoms in total. The number of nitrogens with one attached hydrogen (secondary N) is 1. The van der Waals surface area contributed by atoms with Crippen LogP contribution in [0.2, 0.25) is 0 Å². The molecule has 0 unspecified atom stereocenters. The molecule has 5 heteroatoms. The Balaban J connectivity index is 1.93. The second kappa shape index (κ2) is 5.29. The van der Waals surface area contributed by atoms with Crippen molar-refractivity contribution in [3.05, 3.63) is 12.2 Å². The van der Waals surface area contributed by atoms with Gasteiger partial charge in [-0.25, -0.2) is 8.42 Å². The van der Waals surface area contributed by atoms with Crippen LogP contribution in [0.5, 0.6) is 0 Å². The average molecular weight is 244 g/mol. The van der Waals surface area contributed by atoms with Crippen LogP contribution in [-0.4, -0.2) is 44.7 Å². The molecule has 0 aliphatic carbocycles. The predicted molar refractivity (Wildman–Crippen MR) is 64.7 cm³/mol. The van der Waals surface area contributed by atoms with E-state index in [0.29, 0.717) is 24.8 Å². The van der Waals surface area contributed by atoms with Gasteiger partial charge >= 0.3 is 0 Å². The summed E-state index contributed by atoms with van der Waals surface area (Å²) >= 11 is 0. The maximum Gasteiger partial charge on any atom is 0.214 e. The van der Waals surface area contributed by atoms with Gasteiger partial charge in [-0.05, 0) is 38.3 Å². The normalized spacial score (nSPS) is 24.8. The van der Waals surface area contributed by atoms with Gasteiger partial charge in [0.2, 0.25) is 10.0 Å². The van der Waals surface area contributed by atoms with Crippen molar-refractivity contribution in [3.8, 4) is 0 Å². The quantitative estimate of drug-likeness (QED) is 0.739. The van der Waals surface area contributed by atoms with E-state index >= 15 is 0 Å². The first kappa shape index (κ1) is 12.1. The molecule has 1 N–H and O–H groups in total. The van der Waals surface area contributed by atoms with Gasteiger partial charge in [0.1, 0.15) is 0 Å². The van der Waals surface area contributed by atoms with Crippen LogP contribution in [0.3, 0.4) is 0 Å². The molecule has 1 fully saturated rings. The summed E-state index contributed by atoms with van der Waals surface area (Å²) in [5.41, 5.74) is 0. The fourth-order valence-corrected chi connectivity index (χ4v) is 4.16. The Morgan fingerprint density at radius 1 is 1.25 bits per heavy atom. The molecule has 2 rings (SSSR count). The van der Waals surface area contributed by atoms with Crippen molar-refractivity contribution in [2.75, 3.05) is 31.9 Å². The van der Waals surface area contributed by atoms with Crippen LogP contribution in [-0.2, 0) is 10.0 Å². The molecular formula is C11H20N2O2S. The summed E-state index contributed by atoms with van der Waals surface area (Å²) in [6.45, 7) is 3.14. The van der Waals surface area contributed by atoms with Crippen molar-refractivity contribution in [1.82, 2.24) is 9.62 Å². The van der Waals surface area contributed by atoms with Crippen LogP contribution in [0.4, 0.5) is 0 Å². The molecule has 0 saturated carbocycles. The first-order valence-electron chi connectivity index (χ1n) is 6.02. The minimum absolute atomic E-state index is 0.336. The summed E-state index contributed by atoms with van der Waals surface area (Å²) in [6, 6.07) is 0. The van der Waals surface area contributed by atoms with Gasteiger partial charge in [0.15, 0.2) is 0 Å². The molecule has 0 aromatic carbocycles. The molecule has 0 aromatic rings. The van der Waals surface area contributed by atoms with E-state index in [1.54, 1.807) is 4.31 Å². The number of hydrogen-bond donors (Lipinski definition) is 1. The fourth-order valence-electron chi connectivity index (χ4n) is 2.32. The Morgan fingerprint density at radius 3 is 2.62 bits per heavy atom. The molecule has 16 heavy (non-hydrogen) atoms. The Hall–Kier alpha value is -0.390. The zero-order chi connectivity index (χ0) is 11.4. The van der Waals surface area contributed by atoms with Crippen molar-refractivity contribution in [2.45, 2.75) is 19.3 Å². The molecule has 2 aliphatic heterocycles. The van der Waals surface area contributed by atoms with Crippen molar-refractivity contribution < 1.29 is 8.42 Å². The van der Waals surface area contributed by atoms with E-state index in [1.807, 2.05) is 6.08 Å². The number of piperidine rings is 1. The van der Waals surface area contributed by atoms with E-state index in [-0.39, 0.29) is 0 Å². The van der Waals surface area contributed by atoms with E-state index in [2.05, 4.69) is 11.4 Å². The van der Waals surface area contributed by atoms with Gasteiger partial charge in [-0.15, -0.1) is 0 Å². The van der Waals surface area contributed by atoms with Crippen LogP contribution in [0, 0.1) is 5.92 Å². The minimum atomic E-state index is -3.03. The lowest BCUT2D eigenvalue weighted by atomic mass is 10.0. The highest BCUT2D eigenvalue weighted by atomic mass is 32.2. The highest BCUT2D eigenvalue weighted by molar-refractivity contribution is 7.89. The lowest BCUT2D eigenvalue weighted by Crippen LogP contribution is -2.39. The van der Waals surface area contributed by atoms with Gasteiger partial charge in [-0.2, -0.15) is 4.31 Å². The van der Waals surface area contributed by atoms with Crippen LogP contribution in [0.25, 0.3) is 0 Å². The zero-order valence-corrected chi connectivity index (χ0v) is 10.4. The second-order valence-corrected chi connectivity index (χ2v) is 6.60. The van der Waals surface area contributed by atoms with E-state index < -0.39 is 10.0 Å². The maximum atomic E-state index is 12.1. The first-order chi connectivity index (χ1) is 7.68. The molecule has 2 heterocycles. The third-order valence-corrected chi connectivity index (χ3v) is 5.33. The summed E-state index contributed by atoms with van der Waals surface area (Å²) < 4.78 is 25.9. The Kier molecular flexibility index (Phi) is 4.00. The minimum Gasteiger partial charge on any atom is -0.317 e. The third-order valence-electron chi connectivity index (χ3n) is 3.32. The molecule has 2 aliphatic rings. The van der Waals surface area contributed by atoms with Gasteiger partial charge in [0.25, 0.3) is 0 Å². The smallest absolute Gasteiger partial charge is 0.214 e. The lowest BCUT2D eigenvalue weighted by Gasteiger charge is -2.27. The predicted octanol–water partition coefficient (Wildman–Crippen LogP) is 0.578. The van der Waals surface area contributed by atoms with Crippen LogP contribution in [0.1, 0.15) is 19.3 Å². The van der Waals surface area contributed by atoms with Gasteiger partial charge in [-0.1, -0.05) is 12.2 Å². The van der Waals surface area contributed by atoms with Crippen LogP contribution < -0.4 is 5.32 Å². The zero-order valence-electron chi connectivity index (χ0n) is 9.56. The Bertz CT molecular complexity index is 345. The highest BCUT2D eigenvalue weighted by Crippen LogP contribution is 2.17. The summed E-state index contributed by atoms with van der Waals surface area (Å²) in [6.07, 6.45) is 6.83. The maximum absolute atomic E-state index is 12.1. The molecular weight excluding hydrogens is 224 g/mol. The third kappa shape index (κ3) is 3.06. The van der Waals surface area contributed by atoms with E-state index in [9.17, 15) is 8.42 Å². The van der Waals surface area contributed by atoms with E-state index in [1.165, 1.54) is 0 Å². The standard InChI is InChI=1S/C11H20N2O2S/c14-16(15,13-8-2-1-3-9-13)10-11-4-6-12-7-5-11/h1-2,11-12H,3-10H2. The van der Waals surface area contributed by atoms with E-state index in [0.717, 1.165) is 32.4 Å².